The molecule has 1 spiro atoms. The number of carbonyl (C=O) groups is 1. The zero-order chi connectivity index (χ0) is 29.8. The zero-order valence-corrected chi connectivity index (χ0v) is 26.1. The van der Waals surface area contributed by atoms with Crippen LogP contribution < -0.4 is 19.7 Å². The number of sulfonamides is 1. The average Bonchev–Trinajstić information content (AvgIpc) is 3.59. The molecule has 43 heavy (non-hydrogen) atoms. The number of nitrogens with zero attached hydrogens (tertiary/aromatic N) is 5. The van der Waals surface area contributed by atoms with Crippen molar-refractivity contribution in [2.75, 3.05) is 35.0 Å². The van der Waals surface area contributed by atoms with Crippen LogP contribution in [0, 0.1) is 17.3 Å². The van der Waals surface area contributed by atoms with Gasteiger partial charge >= 0.3 is 0 Å². The number of carbonyl (C=O) groups excluding carboxylic acids is 1. The number of anilines is 2. The van der Waals surface area contributed by atoms with Crippen LogP contribution in [-0.2, 0) is 10.0 Å². The topological polar surface area (TPSA) is 131 Å². The second-order valence-corrected chi connectivity index (χ2v) is 15.5. The molecular formula is C30H37N7O4S2. The summed E-state index contributed by atoms with van der Waals surface area (Å²) < 4.78 is 36.3. The molecule has 2 aliphatic heterocycles. The summed E-state index contributed by atoms with van der Waals surface area (Å²) in [4.78, 5) is 24.9. The maximum Gasteiger partial charge on any atom is 0.281 e. The van der Waals surface area contributed by atoms with Crippen molar-refractivity contribution in [3.8, 4) is 11.7 Å². The number of nitrogens with one attached hydrogen (secondary N) is 2. The summed E-state index contributed by atoms with van der Waals surface area (Å²) in [5, 5.41) is 7.57. The van der Waals surface area contributed by atoms with Crippen LogP contribution >= 0.6 is 11.8 Å². The Labute approximate surface area is 256 Å². The van der Waals surface area contributed by atoms with Gasteiger partial charge in [0.1, 0.15) is 11.6 Å². The molecule has 1 saturated heterocycles. The lowest BCUT2D eigenvalue weighted by atomic mass is 9.69. The third-order valence-corrected chi connectivity index (χ3v) is 11.8. The quantitative estimate of drug-likeness (QED) is 0.420. The van der Waals surface area contributed by atoms with E-state index in [1.54, 1.807) is 46.9 Å². The standard InChI is InChI=1S/C30H37N7O4S2/c1-29(2)16-20-17-36(29)27-22(28(38)35-43(39,40)26-5-3-4-23(32-26)31-19-42-18-20)6-7-24(33-27)37-14-9-25(34-37)41-15-10-21-8-11-30(21)12-13-30/h3-7,9,14,20-21H,8,10-13,15-19H2,1-2H3,(H,31,32)(H,35,38). The van der Waals surface area contributed by atoms with Crippen LogP contribution in [0.15, 0.2) is 47.6 Å². The maximum atomic E-state index is 13.6. The number of thioether (sulfide) groups is 1. The Morgan fingerprint density at radius 2 is 1.98 bits per heavy atom. The van der Waals surface area contributed by atoms with Gasteiger partial charge in [-0.05, 0) is 99.6 Å². The first-order valence-corrected chi connectivity index (χ1v) is 17.6. The van der Waals surface area contributed by atoms with Gasteiger partial charge in [0, 0.05) is 24.3 Å². The molecule has 2 aliphatic carbocycles. The molecule has 0 aromatic carbocycles. The fraction of sp³-hybridized carbons (Fsp3) is 0.533. The number of amides is 1. The number of pyridine rings is 2. The van der Waals surface area contributed by atoms with E-state index in [1.807, 2.05) is 6.07 Å². The molecule has 7 rings (SSSR count). The van der Waals surface area contributed by atoms with Gasteiger partial charge in [-0.3, -0.25) is 4.79 Å². The van der Waals surface area contributed by atoms with Gasteiger partial charge in [0.25, 0.3) is 15.9 Å². The van der Waals surface area contributed by atoms with E-state index in [0.29, 0.717) is 53.7 Å². The highest BCUT2D eigenvalue weighted by Crippen LogP contribution is 2.65. The van der Waals surface area contributed by atoms with Crippen LogP contribution in [0.25, 0.3) is 5.82 Å². The number of aromatic nitrogens is 4. The first-order chi connectivity index (χ1) is 20.6. The van der Waals surface area contributed by atoms with E-state index in [-0.39, 0.29) is 16.1 Å². The van der Waals surface area contributed by atoms with Crippen molar-refractivity contribution in [3.05, 3.63) is 48.2 Å². The van der Waals surface area contributed by atoms with Crippen molar-refractivity contribution in [2.24, 2.45) is 17.3 Å². The van der Waals surface area contributed by atoms with Gasteiger partial charge in [0.05, 0.1) is 18.0 Å². The lowest BCUT2D eigenvalue weighted by Gasteiger charge is -2.37. The normalized spacial score (nSPS) is 25.0. The van der Waals surface area contributed by atoms with E-state index in [9.17, 15) is 13.2 Å². The first kappa shape index (κ1) is 28.5. The molecule has 11 nitrogen and oxygen atoms in total. The minimum absolute atomic E-state index is 0.177. The Balaban J connectivity index is 1.18. The highest BCUT2D eigenvalue weighted by molar-refractivity contribution is 7.99. The van der Waals surface area contributed by atoms with Gasteiger partial charge in [-0.15, -0.1) is 16.9 Å². The second-order valence-electron chi connectivity index (χ2n) is 12.9. The summed E-state index contributed by atoms with van der Waals surface area (Å²) in [6, 6.07) is 9.82. The van der Waals surface area contributed by atoms with Crippen LogP contribution in [0.4, 0.5) is 11.6 Å². The molecule has 5 heterocycles. The Morgan fingerprint density at radius 3 is 2.77 bits per heavy atom. The molecule has 3 fully saturated rings. The van der Waals surface area contributed by atoms with Crippen LogP contribution in [0.3, 0.4) is 0 Å². The largest absolute Gasteiger partial charge is 0.477 e. The van der Waals surface area contributed by atoms with Crippen LogP contribution in [0.1, 0.15) is 62.7 Å². The maximum absolute atomic E-state index is 13.6. The smallest absolute Gasteiger partial charge is 0.281 e. The van der Waals surface area contributed by atoms with E-state index >= 15 is 0 Å². The van der Waals surface area contributed by atoms with Crippen LogP contribution in [-0.4, -0.2) is 64.4 Å². The molecule has 2 atom stereocenters. The summed E-state index contributed by atoms with van der Waals surface area (Å²) >= 11 is 1.74. The first-order valence-electron chi connectivity index (χ1n) is 15.0. The van der Waals surface area contributed by atoms with E-state index < -0.39 is 15.9 Å². The predicted octanol–water partition coefficient (Wildman–Crippen LogP) is 4.46. The molecule has 2 unspecified atom stereocenters. The lowest BCUT2D eigenvalue weighted by molar-refractivity contribution is 0.0981. The van der Waals surface area contributed by atoms with Crippen molar-refractivity contribution in [3.63, 3.8) is 0 Å². The Hall–Kier alpha value is -3.32. The Kier molecular flexibility index (Phi) is 7.07. The molecule has 0 radical (unpaired) electrons. The zero-order valence-electron chi connectivity index (χ0n) is 24.5. The molecule has 3 aromatic heterocycles. The molecule has 4 aliphatic rings. The fourth-order valence-electron chi connectivity index (χ4n) is 6.91. The summed E-state index contributed by atoms with van der Waals surface area (Å²) in [6.07, 6.45) is 9.17. The number of hydrogen-bond acceptors (Lipinski definition) is 10. The van der Waals surface area contributed by atoms with Crippen molar-refractivity contribution < 1.29 is 17.9 Å². The van der Waals surface area contributed by atoms with Crippen molar-refractivity contribution >= 4 is 39.3 Å². The summed E-state index contributed by atoms with van der Waals surface area (Å²) in [5.41, 5.74) is 0.501. The second kappa shape index (κ2) is 10.7. The molecule has 3 aromatic rings. The van der Waals surface area contributed by atoms with E-state index in [2.05, 4.69) is 38.9 Å². The third kappa shape index (κ3) is 5.57. The molecule has 2 saturated carbocycles. The highest BCUT2D eigenvalue weighted by Gasteiger charge is 2.54. The van der Waals surface area contributed by atoms with Crippen LogP contribution in [0.5, 0.6) is 5.88 Å². The van der Waals surface area contributed by atoms with Crippen molar-refractivity contribution in [2.45, 2.75) is 62.9 Å². The number of hydrogen-bond donors (Lipinski definition) is 2. The minimum Gasteiger partial charge on any atom is -0.477 e. The monoisotopic (exact) mass is 623 g/mol. The van der Waals surface area contributed by atoms with Gasteiger partial charge in [-0.25, -0.2) is 19.4 Å². The summed E-state index contributed by atoms with van der Waals surface area (Å²) in [6.45, 7) is 5.60. The number of fused-ring (bicyclic) bond motifs is 6. The SMILES string of the molecule is CC1(C)CC2CSCNc3cccc(n3)S(=O)(=O)NC(=O)c3ccc(-n4ccc(OCCC5CCC56CC6)n4)nc3N1C2. The van der Waals surface area contributed by atoms with E-state index in [1.165, 1.54) is 31.7 Å². The van der Waals surface area contributed by atoms with Gasteiger partial charge in [-0.1, -0.05) is 6.07 Å². The minimum atomic E-state index is -4.23. The molecule has 2 N–H and O–H groups in total. The van der Waals surface area contributed by atoms with Crippen molar-refractivity contribution in [1.82, 2.24) is 24.5 Å². The fourth-order valence-corrected chi connectivity index (χ4v) is 8.77. The van der Waals surface area contributed by atoms with Gasteiger partial charge in [0.2, 0.25) is 5.88 Å². The Morgan fingerprint density at radius 1 is 1.12 bits per heavy atom. The molecule has 228 valence electrons. The van der Waals surface area contributed by atoms with Crippen molar-refractivity contribution in [1.29, 1.82) is 0 Å². The van der Waals surface area contributed by atoms with Crippen LogP contribution in [0.2, 0.25) is 0 Å². The van der Waals surface area contributed by atoms with E-state index in [0.717, 1.165) is 24.5 Å². The van der Waals surface area contributed by atoms with Gasteiger partial charge < -0.3 is 15.0 Å². The number of rotatable bonds is 5. The number of ether oxygens (including phenoxy) is 1. The summed E-state index contributed by atoms with van der Waals surface area (Å²) in [7, 11) is -4.23. The molecular weight excluding hydrogens is 587 g/mol. The molecule has 1 amide bonds. The highest BCUT2D eigenvalue weighted by atomic mass is 32.2. The van der Waals surface area contributed by atoms with Gasteiger partial charge in [0.15, 0.2) is 10.8 Å². The van der Waals surface area contributed by atoms with E-state index in [4.69, 9.17) is 9.72 Å². The predicted molar refractivity (Wildman–Crippen MR) is 165 cm³/mol. The average molecular weight is 624 g/mol. The summed E-state index contributed by atoms with van der Waals surface area (Å²) in [5.74, 6) is 3.78. The third-order valence-electron chi connectivity index (χ3n) is 9.52. The van der Waals surface area contributed by atoms with Gasteiger partial charge in [-0.2, -0.15) is 8.42 Å². The lowest BCUT2D eigenvalue weighted by Crippen LogP contribution is -2.41. The molecule has 4 bridgehead atoms. The Bertz CT molecular complexity index is 1650. The molecule has 13 heteroatoms.